The van der Waals surface area contributed by atoms with Gasteiger partial charge in [-0.2, -0.15) is 5.26 Å². The summed E-state index contributed by atoms with van der Waals surface area (Å²) in [4.78, 5) is 23.6. The van der Waals surface area contributed by atoms with Crippen LogP contribution in [-0.4, -0.2) is 36.9 Å². The van der Waals surface area contributed by atoms with Gasteiger partial charge in [0.15, 0.2) is 0 Å². The molecule has 0 N–H and O–H groups in total. The van der Waals surface area contributed by atoms with Crippen LogP contribution < -0.4 is 4.74 Å². The standard InChI is InChI=1S/C17H15N3O5/c1-19(2)17(21)11(10-18)8-13-5-7-16(25-13)14-9-12(20(22)23)4-6-15(14)24-3/h4-9H,1-3H3/b11-8-. The Labute approximate surface area is 143 Å². The van der Waals surface area contributed by atoms with Crippen molar-refractivity contribution < 1.29 is 18.9 Å². The molecule has 0 atom stereocenters. The van der Waals surface area contributed by atoms with Gasteiger partial charge < -0.3 is 14.1 Å². The van der Waals surface area contributed by atoms with E-state index in [-0.39, 0.29) is 17.0 Å². The van der Waals surface area contributed by atoms with Gasteiger partial charge in [0.25, 0.3) is 11.6 Å². The van der Waals surface area contributed by atoms with Gasteiger partial charge in [0.05, 0.1) is 17.6 Å². The lowest BCUT2D eigenvalue weighted by molar-refractivity contribution is -0.384. The van der Waals surface area contributed by atoms with E-state index in [1.54, 1.807) is 12.1 Å². The van der Waals surface area contributed by atoms with Crippen LogP contribution in [0.15, 0.2) is 40.3 Å². The minimum absolute atomic E-state index is 0.0862. The fourth-order valence-electron chi connectivity index (χ4n) is 2.10. The molecule has 0 aliphatic rings. The van der Waals surface area contributed by atoms with Crippen molar-refractivity contribution in [1.29, 1.82) is 5.26 Å². The van der Waals surface area contributed by atoms with E-state index < -0.39 is 10.8 Å². The van der Waals surface area contributed by atoms with Crippen molar-refractivity contribution in [3.8, 4) is 23.1 Å². The van der Waals surface area contributed by atoms with E-state index in [9.17, 15) is 14.9 Å². The van der Waals surface area contributed by atoms with Crippen molar-refractivity contribution in [3.05, 3.63) is 51.8 Å². The molecule has 1 amide bonds. The zero-order valence-corrected chi connectivity index (χ0v) is 13.8. The van der Waals surface area contributed by atoms with E-state index in [1.165, 1.54) is 50.4 Å². The van der Waals surface area contributed by atoms with E-state index in [0.29, 0.717) is 17.1 Å². The second-order valence-corrected chi connectivity index (χ2v) is 5.21. The maximum Gasteiger partial charge on any atom is 0.270 e. The summed E-state index contributed by atoms with van der Waals surface area (Å²) in [5, 5.41) is 20.1. The highest BCUT2D eigenvalue weighted by Crippen LogP contribution is 2.34. The molecule has 0 aliphatic heterocycles. The van der Waals surface area contributed by atoms with Crippen LogP contribution in [0.2, 0.25) is 0 Å². The number of hydrogen-bond acceptors (Lipinski definition) is 6. The second kappa shape index (κ2) is 7.31. The van der Waals surface area contributed by atoms with Crippen LogP contribution in [0.5, 0.6) is 5.75 Å². The van der Waals surface area contributed by atoms with E-state index in [2.05, 4.69) is 0 Å². The number of benzene rings is 1. The smallest absolute Gasteiger partial charge is 0.270 e. The van der Waals surface area contributed by atoms with Crippen LogP contribution in [0.1, 0.15) is 5.76 Å². The molecule has 0 bridgehead atoms. The van der Waals surface area contributed by atoms with Crippen LogP contribution in [0, 0.1) is 21.4 Å². The molecule has 2 rings (SSSR count). The molecular formula is C17H15N3O5. The number of nitro groups is 1. The molecule has 25 heavy (non-hydrogen) atoms. The number of non-ortho nitro benzene ring substituents is 1. The lowest BCUT2D eigenvalue weighted by Crippen LogP contribution is -2.22. The van der Waals surface area contributed by atoms with Gasteiger partial charge in [-0.25, -0.2) is 0 Å². The molecule has 2 aromatic rings. The summed E-state index contributed by atoms with van der Waals surface area (Å²) in [6, 6.07) is 9.11. The number of likely N-dealkylation sites (N-methyl/N-ethyl adjacent to an activating group) is 1. The predicted octanol–water partition coefficient (Wildman–Crippen LogP) is 2.86. The number of rotatable bonds is 5. The summed E-state index contributed by atoms with van der Waals surface area (Å²) in [5.41, 5.74) is 0.204. The van der Waals surface area contributed by atoms with Crippen LogP contribution in [0.25, 0.3) is 17.4 Å². The molecule has 0 fully saturated rings. The van der Waals surface area contributed by atoms with Crippen molar-refractivity contribution in [2.75, 3.05) is 21.2 Å². The first-order valence-electron chi connectivity index (χ1n) is 7.13. The van der Waals surface area contributed by atoms with Crippen LogP contribution >= 0.6 is 0 Å². The van der Waals surface area contributed by atoms with Gasteiger partial charge >= 0.3 is 0 Å². The molecule has 0 saturated carbocycles. The predicted molar refractivity (Wildman–Crippen MR) is 89.6 cm³/mol. The zero-order chi connectivity index (χ0) is 18.6. The SMILES string of the molecule is COc1ccc([N+](=O)[O-])cc1-c1ccc(/C=C(/C#N)C(=O)N(C)C)o1. The van der Waals surface area contributed by atoms with Gasteiger partial charge in [-0.15, -0.1) is 0 Å². The van der Waals surface area contributed by atoms with Crippen LogP contribution in [-0.2, 0) is 4.79 Å². The monoisotopic (exact) mass is 341 g/mol. The number of furan rings is 1. The number of hydrogen-bond donors (Lipinski definition) is 0. The van der Waals surface area contributed by atoms with Gasteiger partial charge in [-0.1, -0.05) is 0 Å². The number of amides is 1. The highest BCUT2D eigenvalue weighted by molar-refractivity contribution is 6.01. The summed E-state index contributed by atoms with van der Waals surface area (Å²) in [7, 11) is 4.52. The minimum Gasteiger partial charge on any atom is -0.496 e. The first kappa shape index (κ1) is 17.7. The quantitative estimate of drug-likeness (QED) is 0.358. The Hall–Kier alpha value is -3.60. The molecule has 0 saturated heterocycles. The lowest BCUT2D eigenvalue weighted by atomic mass is 10.1. The molecule has 0 radical (unpaired) electrons. The van der Waals surface area contributed by atoms with Crippen molar-refractivity contribution in [2.24, 2.45) is 0 Å². The fraction of sp³-hybridized carbons (Fsp3) is 0.176. The summed E-state index contributed by atoms with van der Waals surface area (Å²) < 4.78 is 10.8. The highest BCUT2D eigenvalue weighted by Gasteiger charge is 2.17. The molecule has 8 heteroatoms. The third kappa shape index (κ3) is 3.84. The number of ether oxygens (including phenoxy) is 1. The van der Waals surface area contributed by atoms with Crippen molar-refractivity contribution in [2.45, 2.75) is 0 Å². The summed E-state index contributed by atoms with van der Waals surface area (Å²) in [6.45, 7) is 0. The number of carbonyl (C=O) groups is 1. The Bertz CT molecular complexity index is 890. The molecule has 128 valence electrons. The average Bonchev–Trinajstić information content (AvgIpc) is 3.06. The maximum absolute atomic E-state index is 11.9. The Morgan fingerprint density at radius 1 is 1.36 bits per heavy atom. The Morgan fingerprint density at radius 2 is 2.08 bits per heavy atom. The average molecular weight is 341 g/mol. The normalized spacial score (nSPS) is 10.9. The molecule has 0 unspecified atom stereocenters. The minimum atomic E-state index is -0.518. The molecule has 1 aromatic carbocycles. The largest absolute Gasteiger partial charge is 0.496 e. The Kier molecular flexibility index (Phi) is 5.19. The first-order chi connectivity index (χ1) is 11.9. The van der Waals surface area contributed by atoms with Crippen LogP contribution in [0.3, 0.4) is 0 Å². The van der Waals surface area contributed by atoms with E-state index in [0.717, 1.165) is 0 Å². The molecule has 0 aliphatic carbocycles. The van der Waals surface area contributed by atoms with Gasteiger partial charge in [0, 0.05) is 32.3 Å². The number of nitrogens with zero attached hydrogens (tertiary/aromatic N) is 3. The molecule has 8 nitrogen and oxygen atoms in total. The number of nitriles is 1. The third-order valence-corrected chi connectivity index (χ3v) is 3.33. The lowest BCUT2D eigenvalue weighted by Gasteiger charge is -2.08. The second-order valence-electron chi connectivity index (χ2n) is 5.21. The van der Waals surface area contributed by atoms with E-state index >= 15 is 0 Å². The van der Waals surface area contributed by atoms with Crippen molar-refractivity contribution in [1.82, 2.24) is 4.90 Å². The third-order valence-electron chi connectivity index (χ3n) is 3.33. The Balaban J connectivity index is 2.45. The molecular weight excluding hydrogens is 326 g/mol. The highest BCUT2D eigenvalue weighted by atomic mass is 16.6. The van der Waals surface area contributed by atoms with Gasteiger partial charge in [0.1, 0.15) is 28.9 Å². The maximum atomic E-state index is 11.9. The Morgan fingerprint density at radius 3 is 2.64 bits per heavy atom. The van der Waals surface area contributed by atoms with E-state index in [1.807, 2.05) is 6.07 Å². The topological polar surface area (TPSA) is 110 Å². The number of carbonyl (C=O) groups excluding carboxylic acids is 1. The van der Waals surface area contributed by atoms with Gasteiger partial charge in [-0.3, -0.25) is 14.9 Å². The van der Waals surface area contributed by atoms with Crippen molar-refractivity contribution in [3.63, 3.8) is 0 Å². The van der Waals surface area contributed by atoms with Gasteiger partial charge in [0.2, 0.25) is 0 Å². The van der Waals surface area contributed by atoms with Crippen LogP contribution in [0.4, 0.5) is 5.69 Å². The number of nitro benzene ring substituents is 1. The summed E-state index contributed by atoms with van der Waals surface area (Å²) >= 11 is 0. The van der Waals surface area contributed by atoms with Gasteiger partial charge in [-0.05, 0) is 18.2 Å². The van der Waals surface area contributed by atoms with Crippen molar-refractivity contribution >= 4 is 17.7 Å². The molecule has 0 spiro atoms. The number of methoxy groups -OCH3 is 1. The first-order valence-corrected chi connectivity index (χ1v) is 7.13. The summed E-state index contributed by atoms with van der Waals surface area (Å²) in [5.74, 6) is 0.547. The molecule has 1 heterocycles. The summed E-state index contributed by atoms with van der Waals surface area (Å²) in [6.07, 6.45) is 1.32. The van der Waals surface area contributed by atoms with E-state index in [4.69, 9.17) is 14.4 Å². The fourth-order valence-corrected chi connectivity index (χ4v) is 2.10. The molecule has 1 aromatic heterocycles. The zero-order valence-electron chi connectivity index (χ0n) is 13.8.